The second-order valence-electron chi connectivity index (χ2n) is 4.52. The number of halogens is 3. The molecule has 0 heterocycles. The van der Waals surface area contributed by atoms with E-state index in [9.17, 15) is 4.39 Å². The minimum absolute atomic E-state index is 0.0638. The molecule has 19 heavy (non-hydrogen) atoms. The Morgan fingerprint density at radius 2 is 1.74 bits per heavy atom. The molecule has 0 radical (unpaired) electrons. The molecule has 0 bridgehead atoms. The monoisotopic (exact) mass is 297 g/mol. The van der Waals surface area contributed by atoms with Crippen LogP contribution in [0, 0.1) is 12.7 Å². The van der Waals surface area contributed by atoms with Crippen molar-refractivity contribution in [3.8, 4) is 0 Å². The zero-order valence-corrected chi connectivity index (χ0v) is 12.2. The Kier molecular flexibility index (Phi) is 4.33. The molecule has 2 aromatic rings. The van der Waals surface area contributed by atoms with Crippen molar-refractivity contribution in [2.45, 2.75) is 19.9 Å². The molecule has 1 atom stereocenters. The highest BCUT2D eigenvalue weighted by Crippen LogP contribution is 2.28. The number of hydrogen-bond acceptors (Lipinski definition) is 1. The quantitative estimate of drug-likeness (QED) is 0.776. The first-order valence-corrected chi connectivity index (χ1v) is 6.70. The van der Waals surface area contributed by atoms with Crippen LogP contribution in [0.1, 0.15) is 24.1 Å². The summed E-state index contributed by atoms with van der Waals surface area (Å²) in [6, 6.07) is 10.5. The first-order chi connectivity index (χ1) is 8.97. The van der Waals surface area contributed by atoms with E-state index in [0.717, 1.165) is 16.8 Å². The molecule has 0 aromatic heterocycles. The summed E-state index contributed by atoms with van der Waals surface area (Å²) in [5.41, 5.74) is 2.77. The van der Waals surface area contributed by atoms with Crippen LogP contribution in [-0.4, -0.2) is 0 Å². The molecule has 1 unspecified atom stereocenters. The molecule has 1 N–H and O–H groups in total. The Morgan fingerprint density at radius 1 is 1.05 bits per heavy atom. The molecule has 0 fully saturated rings. The number of nitrogens with one attached hydrogen (secondary N) is 1. The zero-order valence-electron chi connectivity index (χ0n) is 10.7. The van der Waals surface area contributed by atoms with Crippen molar-refractivity contribution in [3.05, 3.63) is 63.4 Å². The van der Waals surface area contributed by atoms with E-state index in [-0.39, 0.29) is 11.1 Å². The maximum absolute atomic E-state index is 13.4. The smallest absolute Gasteiger partial charge is 0.142 e. The number of rotatable bonds is 3. The van der Waals surface area contributed by atoms with Crippen molar-refractivity contribution in [1.29, 1.82) is 0 Å². The van der Waals surface area contributed by atoms with Crippen LogP contribution in [-0.2, 0) is 0 Å². The zero-order chi connectivity index (χ0) is 14.0. The molecular formula is C15H14Cl2FN. The Balaban J connectivity index is 2.22. The summed E-state index contributed by atoms with van der Waals surface area (Å²) in [6.07, 6.45) is 0. The van der Waals surface area contributed by atoms with Crippen molar-refractivity contribution >= 4 is 28.9 Å². The van der Waals surface area contributed by atoms with Crippen LogP contribution in [0.15, 0.2) is 36.4 Å². The SMILES string of the molecule is Cc1ccc(Cl)c(NC(C)c2ccc(Cl)c(F)c2)c1. The van der Waals surface area contributed by atoms with Gasteiger partial charge in [-0.25, -0.2) is 4.39 Å². The van der Waals surface area contributed by atoms with Crippen LogP contribution in [0.25, 0.3) is 0 Å². The van der Waals surface area contributed by atoms with Gasteiger partial charge in [0.15, 0.2) is 0 Å². The summed E-state index contributed by atoms with van der Waals surface area (Å²) in [4.78, 5) is 0. The van der Waals surface area contributed by atoms with Crippen LogP contribution >= 0.6 is 23.2 Å². The number of benzene rings is 2. The van der Waals surface area contributed by atoms with Crippen molar-refractivity contribution in [3.63, 3.8) is 0 Å². The van der Waals surface area contributed by atoms with Crippen molar-refractivity contribution in [2.75, 3.05) is 5.32 Å². The topological polar surface area (TPSA) is 12.0 Å². The second kappa shape index (κ2) is 5.81. The maximum Gasteiger partial charge on any atom is 0.142 e. The van der Waals surface area contributed by atoms with Gasteiger partial charge in [-0.2, -0.15) is 0 Å². The first-order valence-electron chi connectivity index (χ1n) is 5.95. The maximum atomic E-state index is 13.4. The Hall–Kier alpha value is -1.25. The molecule has 0 saturated heterocycles. The first kappa shape index (κ1) is 14.2. The predicted octanol–water partition coefficient (Wildman–Crippen LogP) is 5.61. The molecule has 0 aliphatic carbocycles. The molecule has 100 valence electrons. The fourth-order valence-electron chi connectivity index (χ4n) is 1.85. The highest BCUT2D eigenvalue weighted by Gasteiger charge is 2.10. The fourth-order valence-corrected chi connectivity index (χ4v) is 2.14. The normalized spacial score (nSPS) is 12.3. The van der Waals surface area contributed by atoms with Crippen molar-refractivity contribution in [1.82, 2.24) is 0 Å². The molecule has 4 heteroatoms. The van der Waals surface area contributed by atoms with Crippen LogP contribution in [0.3, 0.4) is 0 Å². The van der Waals surface area contributed by atoms with Gasteiger partial charge in [0.05, 0.1) is 15.7 Å². The molecule has 0 spiro atoms. The lowest BCUT2D eigenvalue weighted by atomic mass is 10.1. The van der Waals surface area contributed by atoms with Gasteiger partial charge in [-0.05, 0) is 49.2 Å². The van der Waals surface area contributed by atoms with E-state index in [1.807, 2.05) is 32.0 Å². The number of aryl methyl sites for hydroxylation is 1. The van der Waals surface area contributed by atoms with E-state index in [1.165, 1.54) is 6.07 Å². The van der Waals surface area contributed by atoms with Gasteiger partial charge in [-0.15, -0.1) is 0 Å². The van der Waals surface area contributed by atoms with Gasteiger partial charge < -0.3 is 5.32 Å². The number of hydrogen-bond donors (Lipinski definition) is 1. The van der Waals surface area contributed by atoms with Gasteiger partial charge in [0.1, 0.15) is 5.82 Å². The Morgan fingerprint density at radius 3 is 2.42 bits per heavy atom. The van der Waals surface area contributed by atoms with E-state index in [4.69, 9.17) is 23.2 Å². The third-order valence-corrected chi connectivity index (χ3v) is 3.57. The largest absolute Gasteiger partial charge is 0.377 e. The summed E-state index contributed by atoms with van der Waals surface area (Å²) >= 11 is 11.8. The molecule has 2 rings (SSSR count). The lowest BCUT2D eigenvalue weighted by Crippen LogP contribution is -2.07. The van der Waals surface area contributed by atoms with Gasteiger partial charge in [-0.1, -0.05) is 35.3 Å². The lowest BCUT2D eigenvalue weighted by Gasteiger charge is -2.17. The summed E-state index contributed by atoms with van der Waals surface area (Å²) in [7, 11) is 0. The van der Waals surface area contributed by atoms with Crippen molar-refractivity contribution < 1.29 is 4.39 Å². The van der Waals surface area contributed by atoms with Gasteiger partial charge in [0, 0.05) is 6.04 Å². The molecular weight excluding hydrogens is 284 g/mol. The standard InChI is InChI=1S/C15H14Cl2FN/c1-9-3-5-13(17)15(7-9)19-10(2)11-4-6-12(16)14(18)8-11/h3-8,10,19H,1-2H3. The third-order valence-electron chi connectivity index (χ3n) is 2.94. The van der Waals surface area contributed by atoms with Gasteiger partial charge >= 0.3 is 0 Å². The summed E-state index contributed by atoms with van der Waals surface area (Å²) in [5, 5.41) is 4.05. The van der Waals surface area contributed by atoms with Gasteiger partial charge in [0.25, 0.3) is 0 Å². The minimum atomic E-state index is -0.414. The van der Waals surface area contributed by atoms with Crippen LogP contribution in [0.5, 0.6) is 0 Å². The highest BCUT2D eigenvalue weighted by molar-refractivity contribution is 6.33. The van der Waals surface area contributed by atoms with E-state index >= 15 is 0 Å². The fraction of sp³-hybridized carbons (Fsp3) is 0.200. The van der Waals surface area contributed by atoms with Gasteiger partial charge in [0.2, 0.25) is 0 Å². The van der Waals surface area contributed by atoms with Crippen LogP contribution in [0.2, 0.25) is 10.0 Å². The van der Waals surface area contributed by atoms with Gasteiger partial charge in [-0.3, -0.25) is 0 Å². The minimum Gasteiger partial charge on any atom is -0.377 e. The Labute approximate surface area is 122 Å². The average Bonchev–Trinajstić information content (AvgIpc) is 2.37. The second-order valence-corrected chi connectivity index (χ2v) is 5.34. The van der Waals surface area contributed by atoms with E-state index in [0.29, 0.717) is 5.02 Å². The van der Waals surface area contributed by atoms with Crippen LogP contribution < -0.4 is 5.32 Å². The third kappa shape index (κ3) is 3.40. The summed E-state index contributed by atoms with van der Waals surface area (Å²) in [5.74, 6) is -0.414. The summed E-state index contributed by atoms with van der Waals surface area (Å²) in [6.45, 7) is 3.94. The molecule has 0 aliphatic heterocycles. The van der Waals surface area contributed by atoms with Crippen LogP contribution in [0.4, 0.5) is 10.1 Å². The van der Waals surface area contributed by atoms with E-state index in [2.05, 4.69) is 5.32 Å². The Bertz CT molecular complexity index is 599. The van der Waals surface area contributed by atoms with E-state index in [1.54, 1.807) is 12.1 Å². The lowest BCUT2D eigenvalue weighted by molar-refractivity contribution is 0.624. The number of anilines is 1. The molecule has 0 amide bonds. The molecule has 0 saturated carbocycles. The molecule has 1 nitrogen and oxygen atoms in total. The molecule has 0 aliphatic rings. The average molecular weight is 298 g/mol. The van der Waals surface area contributed by atoms with Crippen molar-refractivity contribution in [2.24, 2.45) is 0 Å². The summed E-state index contributed by atoms with van der Waals surface area (Å²) < 4.78 is 13.4. The molecule has 2 aromatic carbocycles. The van der Waals surface area contributed by atoms with E-state index < -0.39 is 5.82 Å². The predicted molar refractivity (Wildman–Crippen MR) is 79.6 cm³/mol. The highest BCUT2D eigenvalue weighted by atomic mass is 35.5.